The van der Waals surface area contributed by atoms with E-state index in [1.807, 2.05) is 37.3 Å². The van der Waals surface area contributed by atoms with E-state index < -0.39 is 0 Å². The van der Waals surface area contributed by atoms with Crippen LogP contribution < -0.4 is 5.32 Å². The van der Waals surface area contributed by atoms with Gasteiger partial charge in [0.1, 0.15) is 5.15 Å². The largest absolute Gasteiger partial charge is 0.380 e. The molecule has 1 N–H and O–H groups in total. The molecule has 0 fully saturated rings. The van der Waals surface area contributed by atoms with E-state index in [1.165, 1.54) is 21.6 Å². The molecule has 27 heavy (non-hydrogen) atoms. The maximum Gasteiger partial charge on any atom is 0.131 e. The molecule has 2 aromatic heterocycles. The van der Waals surface area contributed by atoms with Gasteiger partial charge in [0, 0.05) is 17.5 Å². The standard InChI is InChI=1S/C20H18BrClN2S.C2H6/c21-17-18-20(25-19(17)14-9-5-2-6-10-14)15(11-16(22)24-18)23-12-13-7-3-1-4-8-13;1-2/h1-5,7-8,11,14H,6,9-10,12H2,(H,23,24);1-2H3. The molecular formula is C22H24BrClN2S. The molecule has 0 bridgehead atoms. The Bertz CT molecular complexity index is 921. The minimum Gasteiger partial charge on any atom is -0.380 e. The van der Waals surface area contributed by atoms with E-state index in [-0.39, 0.29) is 0 Å². The van der Waals surface area contributed by atoms with Crippen LogP contribution in [0.3, 0.4) is 0 Å². The molecule has 1 unspecified atom stereocenters. The smallest absolute Gasteiger partial charge is 0.131 e. The number of hydrogen-bond acceptors (Lipinski definition) is 3. The summed E-state index contributed by atoms with van der Waals surface area (Å²) in [4.78, 5) is 5.96. The van der Waals surface area contributed by atoms with Crippen LogP contribution in [0.2, 0.25) is 5.15 Å². The molecule has 4 rings (SSSR count). The van der Waals surface area contributed by atoms with Gasteiger partial charge >= 0.3 is 0 Å². The van der Waals surface area contributed by atoms with Gasteiger partial charge in [-0.15, -0.1) is 11.3 Å². The number of allylic oxidation sites excluding steroid dienone is 2. The van der Waals surface area contributed by atoms with Crippen molar-refractivity contribution in [3.05, 3.63) is 68.6 Å². The first-order chi connectivity index (χ1) is 13.2. The van der Waals surface area contributed by atoms with Gasteiger partial charge < -0.3 is 5.32 Å². The number of benzene rings is 1. The lowest BCUT2D eigenvalue weighted by Crippen LogP contribution is -1.99. The first-order valence-electron chi connectivity index (χ1n) is 9.43. The molecular weight excluding hydrogens is 440 g/mol. The number of halogens is 2. The quantitative estimate of drug-likeness (QED) is 0.312. The number of rotatable bonds is 4. The molecule has 0 spiro atoms. The molecule has 1 aromatic carbocycles. The molecule has 0 saturated heterocycles. The fraction of sp³-hybridized carbons (Fsp3) is 0.318. The van der Waals surface area contributed by atoms with Crippen LogP contribution in [0.5, 0.6) is 0 Å². The molecule has 0 radical (unpaired) electrons. The van der Waals surface area contributed by atoms with Crippen molar-refractivity contribution in [2.24, 2.45) is 0 Å². The van der Waals surface area contributed by atoms with Crippen molar-refractivity contribution >= 4 is 54.8 Å². The first-order valence-corrected chi connectivity index (χ1v) is 11.4. The lowest BCUT2D eigenvalue weighted by molar-refractivity contribution is 0.625. The van der Waals surface area contributed by atoms with Crippen LogP contribution in [0, 0.1) is 0 Å². The molecule has 0 aliphatic heterocycles. The van der Waals surface area contributed by atoms with Crippen LogP contribution in [0.25, 0.3) is 10.2 Å². The molecule has 1 atom stereocenters. The summed E-state index contributed by atoms with van der Waals surface area (Å²) < 4.78 is 2.29. The summed E-state index contributed by atoms with van der Waals surface area (Å²) in [5.74, 6) is 0.569. The van der Waals surface area contributed by atoms with Crippen molar-refractivity contribution in [3.8, 4) is 0 Å². The summed E-state index contributed by atoms with van der Waals surface area (Å²) in [5, 5.41) is 4.06. The molecule has 2 heterocycles. The van der Waals surface area contributed by atoms with Gasteiger partial charge in [0.15, 0.2) is 0 Å². The number of nitrogens with zero attached hydrogens (tertiary/aromatic N) is 1. The molecule has 1 aliphatic carbocycles. The summed E-state index contributed by atoms with van der Waals surface area (Å²) in [7, 11) is 0. The van der Waals surface area contributed by atoms with Gasteiger partial charge in [-0.25, -0.2) is 4.98 Å². The van der Waals surface area contributed by atoms with Gasteiger partial charge in [-0.05, 0) is 46.7 Å². The number of anilines is 1. The van der Waals surface area contributed by atoms with Gasteiger partial charge in [0.2, 0.25) is 0 Å². The third-order valence-electron chi connectivity index (χ3n) is 4.54. The van der Waals surface area contributed by atoms with E-state index in [1.54, 1.807) is 0 Å². The molecule has 1 aliphatic rings. The van der Waals surface area contributed by atoms with E-state index in [0.717, 1.165) is 35.1 Å². The topological polar surface area (TPSA) is 24.9 Å². The molecule has 0 saturated carbocycles. The normalized spacial score (nSPS) is 16.1. The van der Waals surface area contributed by atoms with Gasteiger partial charge in [-0.3, -0.25) is 0 Å². The molecule has 2 nitrogen and oxygen atoms in total. The van der Waals surface area contributed by atoms with Crippen molar-refractivity contribution in [3.63, 3.8) is 0 Å². The Morgan fingerprint density at radius 3 is 2.70 bits per heavy atom. The highest BCUT2D eigenvalue weighted by atomic mass is 79.9. The number of nitrogens with one attached hydrogen (secondary N) is 1. The van der Waals surface area contributed by atoms with Crippen LogP contribution in [-0.4, -0.2) is 4.98 Å². The zero-order valence-electron chi connectivity index (χ0n) is 15.6. The molecule has 0 amide bonds. The Morgan fingerprint density at radius 1 is 1.22 bits per heavy atom. The zero-order chi connectivity index (χ0) is 19.2. The monoisotopic (exact) mass is 462 g/mol. The fourth-order valence-corrected chi connectivity index (χ4v) is 5.70. The summed E-state index contributed by atoms with van der Waals surface area (Å²) >= 11 is 11.9. The Kier molecular flexibility index (Phi) is 7.33. The van der Waals surface area contributed by atoms with Gasteiger partial charge in [-0.2, -0.15) is 0 Å². The van der Waals surface area contributed by atoms with Crippen LogP contribution in [-0.2, 0) is 6.54 Å². The first kappa shape index (κ1) is 20.4. The molecule has 3 aromatic rings. The Hall–Kier alpha value is -1.36. The van der Waals surface area contributed by atoms with Crippen molar-refractivity contribution in [1.29, 1.82) is 0 Å². The van der Waals surface area contributed by atoms with Crippen LogP contribution in [0.15, 0.2) is 53.0 Å². The summed E-state index contributed by atoms with van der Waals surface area (Å²) in [6.45, 7) is 4.77. The average molecular weight is 464 g/mol. The van der Waals surface area contributed by atoms with Crippen LogP contribution in [0.4, 0.5) is 5.69 Å². The lowest BCUT2D eigenvalue weighted by Gasteiger charge is -2.16. The Labute approximate surface area is 178 Å². The zero-order valence-corrected chi connectivity index (χ0v) is 18.8. The lowest BCUT2D eigenvalue weighted by atomic mass is 9.93. The van der Waals surface area contributed by atoms with Crippen molar-refractivity contribution in [2.75, 3.05) is 5.32 Å². The van der Waals surface area contributed by atoms with Crippen molar-refractivity contribution in [1.82, 2.24) is 4.98 Å². The van der Waals surface area contributed by atoms with E-state index in [2.05, 4.69) is 62.6 Å². The molecule has 5 heteroatoms. The Balaban J connectivity index is 0.00000102. The highest BCUT2D eigenvalue weighted by Crippen LogP contribution is 2.45. The van der Waals surface area contributed by atoms with Crippen molar-refractivity contribution < 1.29 is 0 Å². The number of aromatic nitrogens is 1. The third kappa shape index (κ3) is 4.74. The highest BCUT2D eigenvalue weighted by Gasteiger charge is 2.22. The Morgan fingerprint density at radius 2 is 2.00 bits per heavy atom. The minimum absolute atomic E-state index is 0.525. The second-order valence-corrected chi connectivity index (χ2v) is 8.50. The predicted octanol–water partition coefficient (Wildman–Crippen LogP) is 8.17. The van der Waals surface area contributed by atoms with Crippen molar-refractivity contribution in [2.45, 2.75) is 45.6 Å². The van der Waals surface area contributed by atoms with Gasteiger partial charge in [0.05, 0.1) is 20.4 Å². The average Bonchev–Trinajstić information content (AvgIpc) is 3.06. The summed E-state index contributed by atoms with van der Waals surface area (Å²) in [6.07, 6.45) is 8.02. The number of fused-ring (bicyclic) bond motifs is 1. The van der Waals surface area contributed by atoms with E-state index in [9.17, 15) is 0 Å². The summed E-state index contributed by atoms with van der Waals surface area (Å²) in [6, 6.07) is 12.3. The van der Waals surface area contributed by atoms with Gasteiger partial charge in [-0.1, -0.05) is 67.9 Å². The van der Waals surface area contributed by atoms with Crippen LogP contribution >= 0.6 is 38.9 Å². The van der Waals surface area contributed by atoms with Gasteiger partial charge in [0.25, 0.3) is 0 Å². The maximum absolute atomic E-state index is 6.29. The minimum atomic E-state index is 0.525. The fourth-order valence-electron chi connectivity index (χ4n) is 3.24. The number of thiophene rings is 1. The van der Waals surface area contributed by atoms with E-state index in [0.29, 0.717) is 11.1 Å². The maximum atomic E-state index is 6.29. The number of hydrogen-bond donors (Lipinski definition) is 1. The SMILES string of the molecule is CC.Clc1cc(NCc2ccccc2)c2sc(C3CC=CCC3)c(Br)c2n1. The summed E-state index contributed by atoms with van der Waals surface area (Å²) in [5.41, 5.74) is 3.27. The van der Waals surface area contributed by atoms with Crippen LogP contribution in [0.1, 0.15) is 49.5 Å². The second-order valence-electron chi connectivity index (χ2n) is 6.27. The van der Waals surface area contributed by atoms with E-state index >= 15 is 0 Å². The second kappa shape index (κ2) is 9.72. The predicted molar refractivity (Wildman–Crippen MR) is 123 cm³/mol. The molecule has 142 valence electrons. The highest BCUT2D eigenvalue weighted by molar-refractivity contribution is 9.10. The number of pyridine rings is 1. The van der Waals surface area contributed by atoms with E-state index in [4.69, 9.17) is 11.6 Å². The third-order valence-corrected chi connectivity index (χ3v) is 7.18.